The third kappa shape index (κ3) is 3.55. The van der Waals surface area contributed by atoms with Gasteiger partial charge in [0.2, 0.25) is 0 Å². The van der Waals surface area contributed by atoms with Gasteiger partial charge in [0.05, 0.1) is 11.1 Å². The largest absolute Gasteiger partial charge is 0.489 e. The van der Waals surface area contributed by atoms with Crippen LogP contribution in [0.25, 0.3) is 0 Å². The van der Waals surface area contributed by atoms with Gasteiger partial charge in [-0.15, -0.1) is 0 Å². The van der Waals surface area contributed by atoms with Crippen LogP contribution in [-0.4, -0.2) is 16.3 Å². The zero-order valence-corrected chi connectivity index (χ0v) is 10.5. The Morgan fingerprint density at radius 1 is 1.25 bits per heavy atom. The third-order valence-electron chi connectivity index (χ3n) is 2.62. The fourth-order valence-electron chi connectivity index (χ4n) is 1.63. The number of non-ortho nitro benzene ring substituents is 1. The maximum Gasteiger partial charge on any atom is 0.269 e. The van der Waals surface area contributed by atoms with E-state index in [2.05, 4.69) is 5.16 Å². The molecule has 6 nitrogen and oxygen atoms in total. The fourth-order valence-corrected chi connectivity index (χ4v) is 1.63. The van der Waals surface area contributed by atoms with Crippen LogP contribution in [0.15, 0.2) is 53.7 Å². The Balaban J connectivity index is 2.01. The van der Waals surface area contributed by atoms with Gasteiger partial charge in [-0.05, 0) is 35.4 Å². The predicted molar refractivity (Wildman–Crippen MR) is 73.3 cm³/mol. The average Bonchev–Trinajstić information content (AvgIpc) is 2.46. The van der Waals surface area contributed by atoms with Crippen molar-refractivity contribution in [3.8, 4) is 5.75 Å². The molecule has 0 aliphatic carbocycles. The Kier molecular flexibility index (Phi) is 4.28. The van der Waals surface area contributed by atoms with Gasteiger partial charge in [0.1, 0.15) is 12.4 Å². The smallest absolute Gasteiger partial charge is 0.269 e. The van der Waals surface area contributed by atoms with Gasteiger partial charge in [-0.1, -0.05) is 17.3 Å². The lowest BCUT2D eigenvalue weighted by Gasteiger charge is -2.06. The second kappa shape index (κ2) is 6.33. The summed E-state index contributed by atoms with van der Waals surface area (Å²) in [6.07, 6.45) is 1.30. The van der Waals surface area contributed by atoms with Crippen molar-refractivity contribution < 1.29 is 14.9 Å². The van der Waals surface area contributed by atoms with Crippen LogP contribution >= 0.6 is 0 Å². The van der Waals surface area contributed by atoms with E-state index in [1.54, 1.807) is 36.4 Å². The number of nitrogens with zero attached hydrogens (tertiary/aromatic N) is 2. The van der Waals surface area contributed by atoms with Crippen molar-refractivity contribution in [2.45, 2.75) is 6.61 Å². The van der Waals surface area contributed by atoms with Crippen LogP contribution in [0.3, 0.4) is 0 Å². The monoisotopic (exact) mass is 272 g/mol. The standard InChI is InChI=1S/C14H12N2O4/c17-15-9-12-2-1-3-14(8-12)20-10-11-4-6-13(7-5-11)16(18)19/h1-9,17H,10H2. The Morgan fingerprint density at radius 3 is 2.65 bits per heavy atom. The molecule has 0 saturated heterocycles. The van der Waals surface area contributed by atoms with E-state index in [0.29, 0.717) is 17.9 Å². The number of nitro benzene ring substituents is 1. The first-order valence-corrected chi connectivity index (χ1v) is 5.82. The number of hydrogen-bond donors (Lipinski definition) is 1. The quantitative estimate of drug-likeness (QED) is 0.392. The van der Waals surface area contributed by atoms with Gasteiger partial charge in [-0.25, -0.2) is 0 Å². The first-order valence-electron chi connectivity index (χ1n) is 5.82. The molecule has 20 heavy (non-hydrogen) atoms. The molecule has 0 atom stereocenters. The van der Waals surface area contributed by atoms with E-state index in [1.807, 2.05) is 0 Å². The first kappa shape index (κ1) is 13.5. The second-order valence-electron chi connectivity index (χ2n) is 4.03. The molecule has 0 aromatic heterocycles. The predicted octanol–water partition coefficient (Wildman–Crippen LogP) is 2.98. The van der Waals surface area contributed by atoms with Gasteiger partial charge >= 0.3 is 0 Å². The van der Waals surface area contributed by atoms with Crippen molar-refractivity contribution in [1.29, 1.82) is 0 Å². The number of benzene rings is 2. The number of ether oxygens (including phenoxy) is 1. The summed E-state index contributed by atoms with van der Waals surface area (Å²) in [6.45, 7) is 0.303. The molecule has 2 aromatic rings. The van der Waals surface area contributed by atoms with Crippen LogP contribution in [0.5, 0.6) is 5.75 Å². The molecular weight excluding hydrogens is 260 g/mol. The van der Waals surface area contributed by atoms with Crippen LogP contribution < -0.4 is 4.74 Å². The molecular formula is C14H12N2O4. The van der Waals surface area contributed by atoms with E-state index in [-0.39, 0.29) is 5.69 Å². The van der Waals surface area contributed by atoms with Crippen molar-refractivity contribution >= 4 is 11.9 Å². The highest BCUT2D eigenvalue weighted by Gasteiger charge is 2.04. The van der Waals surface area contributed by atoms with Gasteiger partial charge in [0.15, 0.2) is 0 Å². The van der Waals surface area contributed by atoms with E-state index in [1.165, 1.54) is 18.3 Å². The molecule has 102 valence electrons. The molecule has 0 aliphatic rings. The summed E-state index contributed by atoms with van der Waals surface area (Å²) in [4.78, 5) is 10.1. The maximum absolute atomic E-state index is 10.5. The van der Waals surface area contributed by atoms with Gasteiger partial charge in [-0.2, -0.15) is 0 Å². The van der Waals surface area contributed by atoms with Crippen molar-refractivity contribution in [1.82, 2.24) is 0 Å². The molecule has 0 heterocycles. The van der Waals surface area contributed by atoms with E-state index >= 15 is 0 Å². The normalized spacial score (nSPS) is 10.6. The zero-order valence-electron chi connectivity index (χ0n) is 10.5. The van der Waals surface area contributed by atoms with Gasteiger partial charge in [-0.3, -0.25) is 10.1 Å². The molecule has 0 aliphatic heterocycles. The molecule has 0 radical (unpaired) electrons. The highest BCUT2D eigenvalue weighted by molar-refractivity contribution is 5.79. The average molecular weight is 272 g/mol. The molecule has 0 unspecified atom stereocenters. The number of hydrogen-bond acceptors (Lipinski definition) is 5. The van der Waals surface area contributed by atoms with E-state index in [9.17, 15) is 10.1 Å². The lowest BCUT2D eigenvalue weighted by atomic mass is 10.2. The molecule has 0 saturated carbocycles. The minimum atomic E-state index is -0.442. The minimum absolute atomic E-state index is 0.0508. The molecule has 0 spiro atoms. The summed E-state index contributed by atoms with van der Waals surface area (Å²) in [5.41, 5.74) is 1.60. The van der Waals surface area contributed by atoms with Crippen LogP contribution in [0.2, 0.25) is 0 Å². The first-order chi connectivity index (χ1) is 9.69. The van der Waals surface area contributed by atoms with Crippen molar-refractivity contribution in [2.24, 2.45) is 5.16 Å². The number of oxime groups is 1. The maximum atomic E-state index is 10.5. The fraction of sp³-hybridized carbons (Fsp3) is 0.0714. The van der Waals surface area contributed by atoms with Crippen LogP contribution in [0, 0.1) is 10.1 Å². The minimum Gasteiger partial charge on any atom is -0.489 e. The number of nitro groups is 1. The van der Waals surface area contributed by atoms with E-state index in [4.69, 9.17) is 9.94 Å². The summed E-state index contributed by atoms with van der Waals surface area (Å²) in [5, 5.41) is 21.9. The lowest BCUT2D eigenvalue weighted by Crippen LogP contribution is -1.96. The molecule has 0 amide bonds. The Morgan fingerprint density at radius 2 is 2.00 bits per heavy atom. The highest BCUT2D eigenvalue weighted by Crippen LogP contribution is 2.16. The van der Waals surface area contributed by atoms with Crippen molar-refractivity contribution in [2.75, 3.05) is 0 Å². The van der Waals surface area contributed by atoms with Crippen LogP contribution in [-0.2, 0) is 6.61 Å². The topological polar surface area (TPSA) is 85.0 Å². The van der Waals surface area contributed by atoms with Crippen LogP contribution in [0.1, 0.15) is 11.1 Å². The Hall–Kier alpha value is -2.89. The molecule has 2 aromatic carbocycles. The van der Waals surface area contributed by atoms with Crippen LogP contribution in [0.4, 0.5) is 5.69 Å². The molecule has 0 fully saturated rings. The summed E-state index contributed by atoms with van der Waals surface area (Å²) in [6, 6.07) is 13.2. The molecule has 1 N–H and O–H groups in total. The summed E-state index contributed by atoms with van der Waals surface area (Å²) >= 11 is 0. The summed E-state index contributed by atoms with van der Waals surface area (Å²) in [5.74, 6) is 0.626. The second-order valence-corrected chi connectivity index (χ2v) is 4.03. The molecule has 0 bridgehead atoms. The van der Waals surface area contributed by atoms with Gasteiger partial charge in [0.25, 0.3) is 5.69 Å². The van der Waals surface area contributed by atoms with Gasteiger partial charge < -0.3 is 9.94 Å². The van der Waals surface area contributed by atoms with E-state index in [0.717, 1.165) is 5.56 Å². The highest BCUT2D eigenvalue weighted by atomic mass is 16.6. The lowest BCUT2D eigenvalue weighted by molar-refractivity contribution is -0.384. The number of rotatable bonds is 5. The van der Waals surface area contributed by atoms with Crippen molar-refractivity contribution in [3.05, 3.63) is 69.8 Å². The Labute approximate surface area is 115 Å². The molecule has 2 rings (SSSR count). The van der Waals surface area contributed by atoms with Gasteiger partial charge in [0, 0.05) is 12.1 Å². The molecule has 6 heteroatoms. The summed E-state index contributed by atoms with van der Waals surface area (Å²) in [7, 11) is 0. The zero-order chi connectivity index (χ0) is 14.4. The van der Waals surface area contributed by atoms with E-state index < -0.39 is 4.92 Å². The Bertz CT molecular complexity index is 623. The SMILES string of the molecule is O=[N+]([O-])c1ccc(COc2cccc(C=NO)c2)cc1. The summed E-state index contributed by atoms with van der Waals surface area (Å²) < 4.78 is 5.57. The van der Waals surface area contributed by atoms with Crippen molar-refractivity contribution in [3.63, 3.8) is 0 Å². The third-order valence-corrected chi connectivity index (χ3v) is 2.62.